The van der Waals surface area contributed by atoms with Crippen molar-refractivity contribution in [1.82, 2.24) is 0 Å². The Morgan fingerprint density at radius 3 is 2.58 bits per heavy atom. The summed E-state index contributed by atoms with van der Waals surface area (Å²) >= 11 is 0. The molecule has 0 unspecified atom stereocenters. The lowest BCUT2D eigenvalue weighted by Gasteiger charge is -2.11. The Labute approximate surface area is 113 Å². The van der Waals surface area contributed by atoms with E-state index in [0.29, 0.717) is 11.3 Å². The first-order valence-electron chi connectivity index (χ1n) is 6.22. The molecule has 98 valence electrons. The Morgan fingerprint density at radius 1 is 1.11 bits per heavy atom. The van der Waals surface area contributed by atoms with Crippen LogP contribution in [0.4, 0.5) is 11.4 Å². The fraction of sp³-hybridized carbons (Fsp3) is 0.188. The SMILES string of the molecule is Cc1ccc(C)c(NC(=O)c2cccc(N)c2C)c1. The third kappa shape index (κ3) is 2.76. The largest absolute Gasteiger partial charge is 0.398 e. The van der Waals surface area contributed by atoms with Gasteiger partial charge in [-0.15, -0.1) is 0 Å². The van der Waals surface area contributed by atoms with Crippen molar-refractivity contribution in [3.8, 4) is 0 Å². The van der Waals surface area contributed by atoms with Crippen LogP contribution >= 0.6 is 0 Å². The van der Waals surface area contributed by atoms with E-state index in [-0.39, 0.29) is 5.91 Å². The Kier molecular flexibility index (Phi) is 3.56. The van der Waals surface area contributed by atoms with Gasteiger partial charge in [-0.2, -0.15) is 0 Å². The molecule has 3 heteroatoms. The highest BCUT2D eigenvalue weighted by molar-refractivity contribution is 6.06. The Balaban J connectivity index is 2.31. The van der Waals surface area contributed by atoms with Gasteiger partial charge < -0.3 is 11.1 Å². The van der Waals surface area contributed by atoms with E-state index in [9.17, 15) is 4.79 Å². The van der Waals surface area contributed by atoms with Gasteiger partial charge in [-0.25, -0.2) is 0 Å². The van der Waals surface area contributed by atoms with Gasteiger partial charge in [0.2, 0.25) is 0 Å². The average molecular weight is 254 g/mol. The molecule has 0 heterocycles. The predicted octanol–water partition coefficient (Wildman–Crippen LogP) is 3.45. The molecule has 2 aromatic carbocycles. The first-order valence-corrected chi connectivity index (χ1v) is 6.22. The number of nitrogens with one attached hydrogen (secondary N) is 1. The Bertz CT molecular complexity index is 633. The number of anilines is 2. The van der Waals surface area contributed by atoms with Gasteiger partial charge in [-0.05, 0) is 55.7 Å². The van der Waals surface area contributed by atoms with Gasteiger partial charge in [-0.3, -0.25) is 4.79 Å². The lowest BCUT2D eigenvalue weighted by molar-refractivity contribution is 0.102. The summed E-state index contributed by atoms with van der Waals surface area (Å²) in [4.78, 5) is 12.3. The second kappa shape index (κ2) is 5.14. The maximum Gasteiger partial charge on any atom is 0.256 e. The molecule has 19 heavy (non-hydrogen) atoms. The number of hydrogen-bond donors (Lipinski definition) is 2. The van der Waals surface area contributed by atoms with Crippen LogP contribution in [0.15, 0.2) is 36.4 Å². The molecule has 1 amide bonds. The topological polar surface area (TPSA) is 55.1 Å². The van der Waals surface area contributed by atoms with E-state index in [1.807, 2.05) is 39.0 Å². The average Bonchev–Trinajstić information content (AvgIpc) is 2.37. The van der Waals surface area contributed by atoms with E-state index in [4.69, 9.17) is 5.73 Å². The molecule has 0 aliphatic heterocycles. The summed E-state index contributed by atoms with van der Waals surface area (Å²) in [7, 11) is 0. The molecule has 0 fully saturated rings. The molecule has 2 aromatic rings. The van der Waals surface area contributed by atoms with Crippen LogP contribution in [-0.2, 0) is 0 Å². The standard InChI is InChI=1S/C16H18N2O/c1-10-7-8-11(2)15(9-10)18-16(19)13-5-4-6-14(17)12(13)3/h4-9H,17H2,1-3H3,(H,18,19). The third-order valence-corrected chi connectivity index (χ3v) is 3.26. The van der Waals surface area contributed by atoms with Gasteiger partial charge in [0, 0.05) is 16.9 Å². The van der Waals surface area contributed by atoms with Crippen LogP contribution in [0, 0.1) is 20.8 Å². The first kappa shape index (κ1) is 13.1. The van der Waals surface area contributed by atoms with Gasteiger partial charge in [0.15, 0.2) is 0 Å². The quantitative estimate of drug-likeness (QED) is 0.806. The fourth-order valence-electron chi connectivity index (χ4n) is 1.96. The minimum Gasteiger partial charge on any atom is -0.398 e. The summed E-state index contributed by atoms with van der Waals surface area (Å²) in [5.41, 5.74) is 10.9. The zero-order valence-corrected chi connectivity index (χ0v) is 11.4. The molecule has 0 bridgehead atoms. The van der Waals surface area contributed by atoms with E-state index in [2.05, 4.69) is 5.32 Å². The number of nitrogen functional groups attached to an aromatic ring is 1. The highest BCUT2D eigenvalue weighted by atomic mass is 16.1. The van der Waals surface area contributed by atoms with Crippen LogP contribution < -0.4 is 11.1 Å². The predicted molar refractivity (Wildman–Crippen MR) is 79.5 cm³/mol. The molecule has 0 spiro atoms. The summed E-state index contributed by atoms with van der Waals surface area (Å²) in [5.74, 6) is -0.126. The number of hydrogen-bond acceptors (Lipinski definition) is 2. The molecule has 0 aliphatic carbocycles. The zero-order chi connectivity index (χ0) is 14.0. The minimum atomic E-state index is -0.126. The number of amides is 1. The number of carbonyl (C=O) groups is 1. The Morgan fingerprint density at radius 2 is 1.84 bits per heavy atom. The molecule has 0 saturated carbocycles. The van der Waals surface area contributed by atoms with Gasteiger partial charge in [0.1, 0.15) is 0 Å². The van der Waals surface area contributed by atoms with Gasteiger partial charge in [0.25, 0.3) is 5.91 Å². The van der Waals surface area contributed by atoms with Crippen molar-refractivity contribution in [3.05, 3.63) is 58.7 Å². The van der Waals surface area contributed by atoms with E-state index >= 15 is 0 Å². The van der Waals surface area contributed by atoms with Crippen molar-refractivity contribution in [3.63, 3.8) is 0 Å². The highest BCUT2D eigenvalue weighted by Crippen LogP contribution is 2.20. The van der Waals surface area contributed by atoms with E-state index in [0.717, 1.165) is 22.4 Å². The number of carbonyl (C=O) groups excluding carboxylic acids is 1. The number of benzene rings is 2. The molecule has 3 N–H and O–H groups in total. The van der Waals surface area contributed by atoms with Crippen molar-refractivity contribution in [2.75, 3.05) is 11.1 Å². The van der Waals surface area contributed by atoms with Gasteiger partial charge in [-0.1, -0.05) is 18.2 Å². The van der Waals surface area contributed by atoms with Crippen molar-refractivity contribution in [1.29, 1.82) is 0 Å². The molecule has 3 nitrogen and oxygen atoms in total. The molecule has 0 radical (unpaired) electrons. The molecular formula is C16H18N2O. The molecular weight excluding hydrogens is 236 g/mol. The lowest BCUT2D eigenvalue weighted by Crippen LogP contribution is -2.15. The molecule has 0 saturated heterocycles. The van der Waals surface area contributed by atoms with Gasteiger partial charge >= 0.3 is 0 Å². The summed E-state index contributed by atoms with van der Waals surface area (Å²) < 4.78 is 0. The van der Waals surface area contributed by atoms with Crippen LogP contribution in [0.1, 0.15) is 27.0 Å². The summed E-state index contributed by atoms with van der Waals surface area (Å²) in [6.45, 7) is 5.83. The smallest absolute Gasteiger partial charge is 0.256 e. The number of nitrogens with two attached hydrogens (primary N) is 1. The first-order chi connectivity index (χ1) is 8.99. The maximum atomic E-state index is 12.3. The number of aryl methyl sites for hydroxylation is 2. The molecule has 0 atom stereocenters. The van der Waals surface area contributed by atoms with Gasteiger partial charge in [0.05, 0.1) is 0 Å². The van der Waals surface area contributed by atoms with Crippen molar-refractivity contribution < 1.29 is 4.79 Å². The van der Waals surface area contributed by atoms with Crippen molar-refractivity contribution >= 4 is 17.3 Å². The van der Waals surface area contributed by atoms with Crippen LogP contribution in [0.25, 0.3) is 0 Å². The van der Waals surface area contributed by atoms with Crippen LogP contribution in [0.5, 0.6) is 0 Å². The molecule has 0 aromatic heterocycles. The summed E-state index contributed by atoms with van der Waals surface area (Å²) in [6, 6.07) is 11.4. The number of rotatable bonds is 2. The fourth-order valence-corrected chi connectivity index (χ4v) is 1.96. The Hall–Kier alpha value is -2.29. The normalized spacial score (nSPS) is 10.3. The van der Waals surface area contributed by atoms with E-state index < -0.39 is 0 Å². The van der Waals surface area contributed by atoms with Crippen LogP contribution in [0.3, 0.4) is 0 Å². The summed E-state index contributed by atoms with van der Waals surface area (Å²) in [5, 5.41) is 2.94. The summed E-state index contributed by atoms with van der Waals surface area (Å²) in [6.07, 6.45) is 0. The van der Waals surface area contributed by atoms with Crippen molar-refractivity contribution in [2.45, 2.75) is 20.8 Å². The monoisotopic (exact) mass is 254 g/mol. The van der Waals surface area contributed by atoms with Crippen molar-refractivity contribution in [2.24, 2.45) is 0 Å². The lowest BCUT2D eigenvalue weighted by atomic mass is 10.1. The maximum absolute atomic E-state index is 12.3. The van der Waals surface area contributed by atoms with E-state index in [1.165, 1.54) is 0 Å². The highest BCUT2D eigenvalue weighted by Gasteiger charge is 2.11. The zero-order valence-electron chi connectivity index (χ0n) is 11.4. The second-order valence-corrected chi connectivity index (χ2v) is 4.79. The molecule has 2 rings (SSSR count). The van der Waals surface area contributed by atoms with Crippen LogP contribution in [0.2, 0.25) is 0 Å². The second-order valence-electron chi connectivity index (χ2n) is 4.79. The molecule has 0 aliphatic rings. The minimum absolute atomic E-state index is 0.126. The van der Waals surface area contributed by atoms with Crippen LogP contribution in [-0.4, -0.2) is 5.91 Å². The third-order valence-electron chi connectivity index (χ3n) is 3.26. The van der Waals surface area contributed by atoms with E-state index in [1.54, 1.807) is 18.2 Å².